The minimum Gasteiger partial charge on any atom is -0.336 e. The van der Waals surface area contributed by atoms with Crippen LogP contribution in [-0.2, 0) is 16.6 Å². The van der Waals surface area contributed by atoms with E-state index < -0.39 is 10.0 Å². The summed E-state index contributed by atoms with van der Waals surface area (Å²) >= 11 is 0. The van der Waals surface area contributed by atoms with Crippen molar-refractivity contribution in [3.05, 3.63) is 77.9 Å². The molecule has 0 bridgehead atoms. The Kier molecular flexibility index (Phi) is 6.90. The number of aromatic nitrogens is 3. The molecule has 1 saturated heterocycles. The van der Waals surface area contributed by atoms with Gasteiger partial charge >= 0.3 is 0 Å². The number of amides is 1. The molecule has 0 N–H and O–H groups in total. The van der Waals surface area contributed by atoms with Crippen LogP contribution in [0, 0.1) is 0 Å². The maximum Gasteiger partial charge on any atom is 0.253 e. The van der Waals surface area contributed by atoms with Gasteiger partial charge in [0.25, 0.3) is 5.91 Å². The van der Waals surface area contributed by atoms with Crippen molar-refractivity contribution in [3.8, 4) is 0 Å². The highest BCUT2D eigenvalue weighted by Crippen LogP contribution is 2.23. The molecule has 33 heavy (non-hydrogen) atoms. The molecule has 1 aliphatic heterocycles. The van der Waals surface area contributed by atoms with E-state index in [1.807, 2.05) is 24.3 Å². The smallest absolute Gasteiger partial charge is 0.253 e. The van der Waals surface area contributed by atoms with Crippen molar-refractivity contribution in [1.82, 2.24) is 24.0 Å². The Hall–Kier alpha value is -3.04. The van der Waals surface area contributed by atoms with Gasteiger partial charge in [0.2, 0.25) is 10.0 Å². The monoisotopic (exact) mass is 467 g/mol. The van der Waals surface area contributed by atoms with E-state index in [1.54, 1.807) is 40.2 Å². The van der Waals surface area contributed by atoms with E-state index in [0.717, 1.165) is 17.5 Å². The van der Waals surface area contributed by atoms with Gasteiger partial charge in [0.15, 0.2) is 0 Å². The molecule has 0 radical (unpaired) electrons. The van der Waals surface area contributed by atoms with E-state index in [1.165, 1.54) is 10.6 Å². The number of hydrogen-bond donors (Lipinski definition) is 0. The van der Waals surface area contributed by atoms with Crippen molar-refractivity contribution in [1.29, 1.82) is 0 Å². The molecule has 0 saturated carbocycles. The number of benzene rings is 2. The van der Waals surface area contributed by atoms with Gasteiger partial charge in [-0.1, -0.05) is 38.1 Å². The third-order valence-corrected chi connectivity index (χ3v) is 8.15. The summed E-state index contributed by atoms with van der Waals surface area (Å²) in [5.41, 5.74) is 2.75. The number of carbonyl (C=O) groups excluding carboxylic acids is 1. The van der Waals surface area contributed by atoms with Crippen molar-refractivity contribution in [2.24, 2.45) is 0 Å². The molecule has 9 heteroatoms. The van der Waals surface area contributed by atoms with Gasteiger partial charge in [-0.2, -0.15) is 9.40 Å². The summed E-state index contributed by atoms with van der Waals surface area (Å²) in [6.45, 7) is 6.13. The van der Waals surface area contributed by atoms with Crippen LogP contribution >= 0.6 is 0 Å². The lowest BCUT2D eigenvalue weighted by Crippen LogP contribution is -2.50. The molecule has 1 unspecified atom stereocenters. The van der Waals surface area contributed by atoms with Gasteiger partial charge in [0, 0.05) is 31.7 Å². The van der Waals surface area contributed by atoms with Gasteiger partial charge in [0.1, 0.15) is 12.7 Å². The fourth-order valence-corrected chi connectivity index (χ4v) is 5.34. The summed E-state index contributed by atoms with van der Waals surface area (Å²) in [4.78, 5) is 18.9. The Morgan fingerprint density at radius 3 is 2.24 bits per heavy atom. The van der Waals surface area contributed by atoms with E-state index in [4.69, 9.17) is 0 Å². The number of sulfonamides is 1. The maximum atomic E-state index is 13.1. The zero-order valence-electron chi connectivity index (χ0n) is 19.0. The van der Waals surface area contributed by atoms with Crippen LogP contribution in [-0.4, -0.2) is 64.5 Å². The fraction of sp³-hybridized carbons (Fsp3) is 0.375. The highest BCUT2D eigenvalue weighted by molar-refractivity contribution is 7.89. The number of nitrogens with zero attached hydrogens (tertiary/aromatic N) is 5. The first kappa shape index (κ1) is 23.1. The summed E-state index contributed by atoms with van der Waals surface area (Å²) in [6.07, 6.45) is 4.14. The highest BCUT2D eigenvalue weighted by atomic mass is 32.2. The van der Waals surface area contributed by atoms with Gasteiger partial charge < -0.3 is 4.90 Å². The first-order chi connectivity index (χ1) is 15.9. The lowest BCUT2D eigenvalue weighted by molar-refractivity contribution is 0.0698. The standard InChI is InChI=1S/C24H29N5O3S/c1-3-19(2)21-8-10-23(11-9-21)33(31,32)29-14-12-27(13-15-29)24(30)22-6-4-20(5-7-22)16-28-18-25-17-26-28/h4-11,17-19H,3,12-16H2,1-2H3. The molecular formula is C24H29N5O3S. The van der Waals surface area contributed by atoms with E-state index >= 15 is 0 Å². The molecule has 2 heterocycles. The molecule has 1 aliphatic rings. The fourth-order valence-electron chi connectivity index (χ4n) is 3.92. The summed E-state index contributed by atoms with van der Waals surface area (Å²) in [5.74, 6) is 0.310. The van der Waals surface area contributed by atoms with Gasteiger partial charge in [-0.3, -0.25) is 4.79 Å². The molecule has 3 aromatic rings. The SMILES string of the molecule is CCC(C)c1ccc(S(=O)(=O)N2CCN(C(=O)c3ccc(Cn4cncn4)cc3)CC2)cc1. The van der Waals surface area contributed by atoms with Crippen molar-refractivity contribution < 1.29 is 13.2 Å². The van der Waals surface area contributed by atoms with Gasteiger partial charge in [-0.25, -0.2) is 18.1 Å². The largest absolute Gasteiger partial charge is 0.336 e. The van der Waals surface area contributed by atoms with Crippen LogP contribution < -0.4 is 0 Å². The highest BCUT2D eigenvalue weighted by Gasteiger charge is 2.30. The van der Waals surface area contributed by atoms with Gasteiger partial charge in [-0.15, -0.1) is 0 Å². The van der Waals surface area contributed by atoms with Crippen LogP contribution in [0.1, 0.15) is 47.7 Å². The van der Waals surface area contributed by atoms with E-state index in [0.29, 0.717) is 36.0 Å². The zero-order valence-corrected chi connectivity index (χ0v) is 19.8. The Morgan fingerprint density at radius 2 is 1.67 bits per heavy atom. The summed E-state index contributed by atoms with van der Waals surface area (Å²) in [7, 11) is -3.57. The predicted octanol–water partition coefficient (Wildman–Crippen LogP) is 2.99. The minimum atomic E-state index is -3.57. The number of carbonyl (C=O) groups is 1. The summed E-state index contributed by atoms with van der Waals surface area (Å²) < 4.78 is 29.3. The van der Waals surface area contributed by atoms with Gasteiger partial charge in [0.05, 0.1) is 11.4 Å². The molecule has 1 aromatic heterocycles. The quantitative estimate of drug-likeness (QED) is 0.533. The van der Waals surface area contributed by atoms with Crippen LogP contribution in [0.5, 0.6) is 0 Å². The first-order valence-corrected chi connectivity index (χ1v) is 12.6. The number of piperazine rings is 1. The van der Waals surface area contributed by atoms with Crippen molar-refractivity contribution >= 4 is 15.9 Å². The summed E-state index contributed by atoms with van der Waals surface area (Å²) in [6, 6.07) is 14.6. The average molecular weight is 468 g/mol. The third kappa shape index (κ3) is 5.15. The van der Waals surface area contributed by atoms with Crippen LogP contribution in [0.4, 0.5) is 0 Å². The normalized spacial score (nSPS) is 16.0. The Balaban J connectivity index is 1.36. The lowest BCUT2D eigenvalue weighted by Gasteiger charge is -2.34. The molecule has 0 spiro atoms. The third-order valence-electron chi connectivity index (χ3n) is 6.24. The van der Waals surface area contributed by atoms with Crippen molar-refractivity contribution in [3.63, 3.8) is 0 Å². The van der Waals surface area contributed by atoms with Crippen LogP contribution in [0.3, 0.4) is 0 Å². The molecular weight excluding hydrogens is 438 g/mol. The number of rotatable bonds is 7. The van der Waals surface area contributed by atoms with E-state index in [2.05, 4.69) is 23.9 Å². The molecule has 4 rings (SSSR count). The second kappa shape index (κ2) is 9.84. The lowest BCUT2D eigenvalue weighted by atomic mass is 9.99. The van der Waals surface area contributed by atoms with Crippen LogP contribution in [0.15, 0.2) is 66.1 Å². The van der Waals surface area contributed by atoms with E-state index in [-0.39, 0.29) is 19.0 Å². The minimum absolute atomic E-state index is 0.0859. The molecule has 174 valence electrons. The molecule has 8 nitrogen and oxygen atoms in total. The molecule has 2 aromatic carbocycles. The average Bonchev–Trinajstić information content (AvgIpc) is 3.37. The van der Waals surface area contributed by atoms with Crippen LogP contribution in [0.25, 0.3) is 0 Å². The maximum absolute atomic E-state index is 13.1. The Bertz CT molecular complexity index is 1170. The number of hydrogen-bond acceptors (Lipinski definition) is 5. The summed E-state index contributed by atoms with van der Waals surface area (Å²) in [5, 5.41) is 4.08. The second-order valence-electron chi connectivity index (χ2n) is 8.36. The first-order valence-electron chi connectivity index (χ1n) is 11.2. The Morgan fingerprint density at radius 1 is 1.00 bits per heavy atom. The zero-order chi connectivity index (χ0) is 23.4. The van der Waals surface area contributed by atoms with Crippen LogP contribution in [0.2, 0.25) is 0 Å². The molecule has 1 amide bonds. The molecule has 1 fully saturated rings. The van der Waals surface area contributed by atoms with E-state index in [9.17, 15) is 13.2 Å². The molecule has 0 aliphatic carbocycles. The van der Waals surface area contributed by atoms with Gasteiger partial charge in [-0.05, 0) is 47.7 Å². The van der Waals surface area contributed by atoms with Crippen molar-refractivity contribution in [2.75, 3.05) is 26.2 Å². The predicted molar refractivity (Wildman–Crippen MR) is 125 cm³/mol. The second-order valence-corrected chi connectivity index (χ2v) is 10.3. The molecule has 1 atom stereocenters. The topological polar surface area (TPSA) is 88.4 Å². The van der Waals surface area contributed by atoms with Crippen molar-refractivity contribution in [2.45, 2.75) is 37.6 Å². The Labute approximate surface area is 194 Å².